The minimum absolute atomic E-state index is 0.369. The summed E-state index contributed by atoms with van der Waals surface area (Å²) in [6, 6.07) is 0. The molecule has 27 heavy (non-hydrogen) atoms. The number of rotatable bonds is 19. The predicted molar refractivity (Wildman–Crippen MR) is 125 cm³/mol. The van der Waals surface area contributed by atoms with Gasteiger partial charge in [-0.05, 0) is 18.3 Å². The van der Waals surface area contributed by atoms with Crippen molar-refractivity contribution < 1.29 is 3.79 Å². The highest BCUT2D eigenvalue weighted by atomic mass is 27.2. The average molecular weight is 398 g/mol. The zero-order valence-corrected chi connectivity index (χ0v) is 21.2. The van der Waals surface area contributed by atoms with Crippen LogP contribution in [0.2, 0.25) is 10.6 Å². The molecule has 0 N–H and O–H groups in total. The first-order valence-electron chi connectivity index (χ1n) is 12.3. The summed E-state index contributed by atoms with van der Waals surface area (Å²) < 4.78 is 6.98. The van der Waals surface area contributed by atoms with E-state index in [1.165, 1.54) is 87.9 Å². The molecule has 0 aliphatic heterocycles. The van der Waals surface area contributed by atoms with Crippen LogP contribution in [-0.4, -0.2) is 38.7 Å². The summed E-state index contributed by atoms with van der Waals surface area (Å²) in [6.07, 6.45) is 13.8. The molecule has 0 aromatic rings. The van der Waals surface area contributed by atoms with Gasteiger partial charge < -0.3 is 3.79 Å². The van der Waals surface area contributed by atoms with Crippen molar-refractivity contribution in [2.75, 3.05) is 13.1 Å². The number of unbranched alkanes of at least 4 members (excludes halogenated alkanes) is 6. The normalized spacial score (nSPS) is 13.1. The summed E-state index contributed by atoms with van der Waals surface area (Å²) in [6.45, 7) is 18.7. The lowest BCUT2D eigenvalue weighted by Gasteiger charge is -2.36. The Morgan fingerprint density at radius 2 is 1.15 bits per heavy atom. The smallest absolute Gasteiger partial charge is 0.461 e. The van der Waals surface area contributed by atoms with Crippen LogP contribution < -0.4 is 0 Å². The van der Waals surface area contributed by atoms with Crippen LogP contribution in [0.1, 0.15) is 113 Å². The molecule has 0 heterocycles. The molecule has 0 aromatic heterocycles. The molecule has 0 fully saturated rings. The van der Waals surface area contributed by atoms with E-state index < -0.39 is 14.5 Å². The Labute approximate surface area is 177 Å². The van der Waals surface area contributed by atoms with Gasteiger partial charge in [-0.1, -0.05) is 117 Å². The number of hydrogen-bond donors (Lipinski definition) is 0. The van der Waals surface area contributed by atoms with Gasteiger partial charge in [0.15, 0.2) is 0 Å². The molecule has 0 rings (SSSR count). The highest BCUT2D eigenvalue weighted by Crippen LogP contribution is 2.21. The van der Waals surface area contributed by atoms with Gasteiger partial charge in [0.25, 0.3) is 0 Å². The Hall–Kier alpha value is 0.452. The second-order valence-electron chi connectivity index (χ2n) is 9.44. The van der Waals surface area contributed by atoms with E-state index in [1.54, 1.807) is 0 Å². The van der Waals surface area contributed by atoms with E-state index in [1.807, 2.05) is 0 Å². The second kappa shape index (κ2) is 18.5. The standard InChI is InChI=1S/C12H26NO.2C6H13.Al/c1-6-7-12(14)13(8-10(2)3)9-11(4)5;2*1-3-5-6-4-2;/h10-12H,6-9H2,1-5H3;2*1,3-6H2,2H3;/q-1;;;+1. The quantitative estimate of drug-likeness (QED) is 0.125. The Morgan fingerprint density at radius 3 is 1.52 bits per heavy atom. The molecule has 1 atom stereocenters. The third-order valence-corrected chi connectivity index (χ3v) is 8.05. The average Bonchev–Trinajstić information content (AvgIpc) is 2.60. The van der Waals surface area contributed by atoms with Crippen molar-refractivity contribution in [1.82, 2.24) is 4.90 Å². The van der Waals surface area contributed by atoms with Gasteiger partial charge in [0.05, 0.1) is 6.23 Å². The third-order valence-electron chi connectivity index (χ3n) is 5.25. The summed E-state index contributed by atoms with van der Waals surface area (Å²) in [5, 5.41) is 2.78. The van der Waals surface area contributed by atoms with E-state index >= 15 is 0 Å². The van der Waals surface area contributed by atoms with Crippen LogP contribution in [0.25, 0.3) is 0 Å². The maximum absolute atomic E-state index is 6.98. The SMILES string of the molecule is CCCCC[CH2][Al]([CH2]CCCCC)[O]C(CCC)N(CC(C)C)CC(C)C. The summed E-state index contributed by atoms with van der Waals surface area (Å²) in [7, 11) is 0. The molecule has 0 aromatic carbocycles. The Balaban J connectivity index is 4.89. The van der Waals surface area contributed by atoms with Crippen LogP contribution in [0.3, 0.4) is 0 Å². The molecule has 1 unspecified atom stereocenters. The largest absolute Gasteiger partial charge is 0.487 e. The topological polar surface area (TPSA) is 12.5 Å². The van der Waals surface area contributed by atoms with Crippen LogP contribution in [0.5, 0.6) is 0 Å². The molecule has 0 spiro atoms. The van der Waals surface area contributed by atoms with Crippen molar-refractivity contribution in [1.29, 1.82) is 0 Å². The minimum atomic E-state index is -1.10. The second-order valence-corrected chi connectivity index (χ2v) is 12.1. The van der Waals surface area contributed by atoms with Gasteiger partial charge in [0, 0.05) is 13.1 Å². The molecule has 0 amide bonds. The summed E-state index contributed by atoms with van der Waals surface area (Å²) >= 11 is -1.10. The van der Waals surface area contributed by atoms with Crippen LogP contribution in [0.15, 0.2) is 0 Å². The molecule has 0 saturated heterocycles. The van der Waals surface area contributed by atoms with Crippen LogP contribution in [0.4, 0.5) is 0 Å². The van der Waals surface area contributed by atoms with Gasteiger partial charge in [-0.3, -0.25) is 4.90 Å². The van der Waals surface area contributed by atoms with Crippen molar-refractivity contribution in [3.63, 3.8) is 0 Å². The maximum atomic E-state index is 6.98. The minimum Gasteiger partial charge on any atom is -0.487 e. The van der Waals surface area contributed by atoms with E-state index in [4.69, 9.17) is 3.79 Å². The Morgan fingerprint density at radius 1 is 0.667 bits per heavy atom. The van der Waals surface area contributed by atoms with Crippen molar-refractivity contribution in [2.24, 2.45) is 11.8 Å². The van der Waals surface area contributed by atoms with Crippen molar-refractivity contribution in [2.45, 2.75) is 129 Å². The van der Waals surface area contributed by atoms with Crippen LogP contribution in [0, 0.1) is 11.8 Å². The molecule has 162 valence electrons. The highest BCUT2D eigenvalue weighted by molar-refractivity contribution is 6.51. The fourth-order valence-corrected chi connectivity index (χ4v) is 6.73. The van der Waals surface area contributed by atoms with Gasteiger partial charge in [-0.15, -0.1) is 0 Å². The third kappa shape index (κ3) is 16.0. The van der Waals surface area contributed by atoms with Gasteiger partial charge >= 0.3 is 14.5 Å². The first kappa shape index (κ1) is 27.5. The summed E-state index contributed by atoms with van der Waals surface area (Å²) in [5.41, 5.74) is 0. The molecule has 0 saturated carbocycles. The molecule has 0 aliphatic rings. The molecule has 0 bridgehead atoms. The molecule has 3 heteroatoms. The lowest BCUT2D eigenvalue weighted by Crippen LogP contribution is -2.44. The monoisotopic (exact) mass is 397 g/mol. The Bertz CT molecular complexity index is 287. The van der Waals surface area contributed by atoms with E-state index in [2.05, 4.69) is 53.4 Å². The highest BCUT2D eigenvalue weighted by Gasteiger charge is 2.27. The fraction of sp³-hybridized carbons (Fsp3) is 1.00. The van der Waals surface area contributed by atoms with E-state index in [-0.39, 0.29) is 0 Å². The first-order valence-corrected chi connectivity index (χ1v) is 14.4. The van der Waals surface area contributed by atoms with Crippen LogP contribution >= 0.6 is 0 Å². The van der Waals surface area contributed by atoms with E-state index in [0.717, 1.165) is 0 Å². The van der Waals surface area contributed by atoms with Crippen molar-refractivity contribution >= 4 is 14.5 Å². The fourth-order valence-electron chi connectivity index (χ4n) is 3.93. The zero-order chi connectivity index (χ0) is 20.5. The summed E-state index contributed by atoms with van der Waals surface area (Å²) in [4.78, 5) is 2.68. The van der Waals surface area contributed by atoms with Gasteiger partial charge in [0.1, 0.15) is 0 Å². The predicted octanol–water partition coefficient (Wildman–Crippen LogP) is 7.90. The van der Waals surface area contributed by atoms with Crippen LogP contribution in [-0.2, 0) is 3.79 Å². The summed E-state index contributed by atoms with van der Waals surface area (Å²) in [5.74, 6) is 1.42. The molecule has 0 aliphatic carbocycles. The van der Waals surface area contributed by atoms with Crippen molar-refractivity contribution in [3.8, 4) is 0 Å². The maximum Gasteiger partial charge on any atom is 0.461 e. The number of nitrogens with zero attached hydrogens (tertiary/aromatic N) is 1. The van der Waals surface area contributed by atoms with E-state index in [9.17, 15) is 0 Å². The van der Waals surface area contributed by atoms with Crippen molar-refractivity contribution in [3.05, 3.63) is 0 Å². The molecular formula is C24H52AlNO. The van der Waals surface area contributed by atoms with E-state index in [0.29, 0.717) is 18.1 Å². The van der Waals surface area contributed by atoms with Gasteiger partial charge in [-0.2, -0.15) is 0 Å². The zero-order valence-electron chi connectivity index (χ0n) is 20.1. The molecule has 2 nitrogen and oxygen atoms in total. The Kier molecular flexibility index (Phi) is 18.8. The van der Waals surface area contributed by atoms with Gasteiger partial charge in [-0.25, -0.2) is 0 Å². The first-order chi connectivity index (χ1) is 12.9. The lowest BCUT2D eigenvalue weighted by molar-refractivity contribution is -0.0000736. The number of hydrogen-bond acceptors (Lipinski definition) is 2. The lowest BCUT2D eigenvalue weighted by atomic mass is 10.1. The van der Waals surface area contributed by atoms with Gasteiger partial charge in [0.2, 0.25) is 0 Å². The molecule has 0 radical (unpaired) electrons. The molecular weight excluding hydrogens is 345 g/mol.